The standard InChI is InChI=1S/C25H27N9O/c1-24(2)12-17(13-25(3,4)31-24)34-23-20(29-32-34)11-19(28-30-23)18-6-5-15(9-21(18)35)16-7-8-33-22(10-16)26-14-27-33/h5-11,14,17,31,35H,12-13H2,1-4H3. The van der Waals surface area contributed by atoms with Crippen LogP contribution in [-0.4, -0.2) is 56.0 Å². The van der Waals surface area contributed by atoms with E-state index in [0.29, 0.717) is 22.4 Å². The van der Waals surface area contributed by atoms with Crippen LogP contribution in [0.5, 0.6) is 5.75 Å². The highest BCUT2D eigenvalue weighted by Crippen LogP contribution is 2.37. The molecule has 5 heterocycles. The number of aromatic hydroxyl groups is 1. The zero-order valence-electron chi connectivity index (χ0n) is 20.1. The third kappa shape index (κ3) is 3.89. The van der Waals surface area contributed by atoms with Gasteiger partial charge in [-0.2, -0.15) is 5.10 Å². The van der Waals surface area contributed by atoms with Gasteiger partial charge in [-0.05, 0) is 82.0 Å². The average molecular weight is 470 g/mol. The molecule has 0 amide bonds. The molecule has 1 aromatic carbocycles. The first kappa shape index (κ1) is 21.6. The molecule has 0 bridgehead atoms. The average Bonchev–Trinajstić information content (AvgIpc) is 3.43. The molecule has 6 rings (SSSR count). The summed E-state index contributed by atoms with van der Waals surface area (Å²) in [7, 11) is 0. The van der Waals surface area contributed by atoms with Gasteiger partial charge in [0.1, 0.15) is 17.6 Å². The van der Waals surface area contributed by atoms with E-state index in [0.717, 1.165) is 29.6 Å². The first-order valence-corrected chi connectivity index (χ1v) is 11.7. The summed E-state index contributed by atoms with van der Waals surface area (Å²) in [4.78, 5) is 4.23. The van der Waals surface area contributed by atoms with Gasteiger partial charge in [0.05, 0.1) is 11.7 Å². The number of phenolic OH excluding ortho intramolecular Hbond substituents is 1. The monoisotopic (exact) mass is 469 g/mol. The van der Waals surface area contributed by atoms with Crippen molar-refractivity contribution in [1.29, 1.82) is 0 Å². The molecule has 4 aromatic heterocycles. The SMILES string of the molecule is CC1(C)CC(n2nnc3cc(-c4ccc(-c5ccn6ncnc6c5)cc4O)nnc32)CC(C)(C)N1. The lowest BCUT2D eigenvalue weighted by Gasteiger charge is -2.46. The Bertz CT molecular complexity index is 1550. The van der Waals surface area contributed by atoms with Crippen molar-refractivity contribution in [2.75, 3.05) is 0 Å². The Morgan fingerprint density at radius 2 is 1.71 bits per heavy atom. The molecule has 178 valence electrons. The first-order chi connectivity index (χ1) is 16.7. The van der Waals surface area contributed by atoms with Crippen molar-refractivity contribution in [1.82, 2.24) is 45.1 Å². The van der Waals surface area contributed by atoms with Crippen molar-refractivity contribution < 1.29 is 5.11 Å². The summed E-state index contributed by atoms with van der Waals surface area (Å²) in [5.41, 5.74) is 4.95. The fourth-order valence-electron chi connectivity index (χ4n) is 5.49. The molecule has 1 aliphatic heterocycles. The molecule has 5 aromatic rings. The summed E-state index contributed by atoms with van der Waals surface area (Å²) in [6, 6.07) is 11.4. The fourth-order valence-corrected chi connectivity index (χ4v) is 5.49. The minimum atomic E-state index is -0.0236. The van der Waals surface area contributed by atoms with Crippen LogP contribution in [0, 0.1) is 0 Å². The Morgan fingerprint density at radius 3 is 2.49 bits per heavy atom. The van der Waals surface area contributed by atoms with E-state index in [4.69, 9.17) is 0 Å². The zero-order valence-corrected chi connectivity index (χ0v) is 20.1. The highest BCUT2D eigenvalue weighted by molar-refractivity contribution is 5.79. The molecule has 1 fully saturated rings. The van der Waals surface area contributed by atoms with Gasteiger partial charge in [0.15, 0.2) is 5.65 Å². The lowest BCUT2D eigenvalue weighted by atomic mass is 9.80. The summed E-state index contributed by atoms with van der Waals surface area (Å²) in [6.45, 7) is 8.83. The quantitative estimate of drug-likeness (QED) is 0.410. The summed E-state index contributed by atoms with van der Waals surface area (Å²) in [5.74, 6) is 0.117. The third-order valence-electron chi connectivity index (χ3n) is 6.62. The van der Waals surface area contributed by atoms with E-state index in [1.165, 1.54) is 6.33 Å². The molecule has 1 saturated heterocycles. The highest BCUT2D eigenvalue weighted by atomic mass is 16.3. The largest absolute Gasteiger partial charge is 0.507 e. The molecule has 10 nitrogen and oxygen atoms in total. The van der Waals surface area contributed by atoms with Gasteiger partial charge in [-0.25, -0.2) is 14.2 Å². The summed E-state index contributed by atoms with van der Waals surface area (Å²) >= 11 is 0. The van der Waals surface area contributed by atoms with Gasteiger partial charge < -0.3 is 10.4 Å². The van der Waals surface area contributed by atoms with Gasteiger partial charge in [0, 0.05) is 22.8 Å². The van der Waals surface area contributed by atoms with Crippen molar-refractivity contribution in [2.24, 2.45) is 0 Å². The summed E-state index contributed by atoms with van der Waals surface area (Å²) < 4.78 is 3.60. The molecule has 1 aliphatic rings. The van der Waals surface area contributed by atoms with E-state index < -0.39 is 0 Å². The number of fused-ring (bicyclic) bond motifs is 2. The second-order valence-corrected chi connectivity index (χ2v) is 10.6. The van der Waals surface area contributed by atoms with Crippen LogP contribution in [-0.2, 0) is 0 Å². The fraction of sp³-hybridized carbons (Fsp3) is 0.360. The van der Waals surface area contributed by atoms with Gasteiger partial charge in [-0.3, -0.25) is 0 Å². The number of phenols is 1. The number of nitrogens with one attached hydrogen (secondary N) is 1. The van der Waals surface area contributed by atoms with E-state index in [9.17, 15) is 5.11 Å². The molecule has 0 radical (unpaired) electrons. The molecule has 0 unspecified atom stereocenters. The Labute approximate surface area is 202 Å². The van der Waals surface area contributed by atoms with Crippen molar-refractivity contribution in [3.05, 3.63) is 48.9 Å². The van der Waals surface area contributed by atoms with Crippen molar-refractivity contribution >= 4 is 16.8 Å². The van der Waals surface area contributed by atoms with Crippen molar-refractivity contribution in [2.45, 2.75) is 57.7 Å². The lowest BCUT2D eigenvalue weighted by Crippen LogP contribution is -2.58. The van der Waals surface area contributed by atoms with Crippen LogP contribution in [0.2, 0.25) is 0 Å². The van der Waals surface area contributed by atoms with Gasteiger partial charge in [-0.1, -0.05) is 11.3 Å². The summed E-state index contributed by atoms with van der Waals surface area (Å²) in [6.07, 6.45) is 5.19. The maximum Gasteiger partial charge on any atom is 0.201 e. The molecule has 0 aliphatic carbocycles. The predicted octanol–water partition coefficient (Wildman–Crippen LogP) is 3.79. The van der Waals surface area contributed by atoms with Gasteiger partial charge in [-0.15, -0.1) is 15.3 Å². The van der Waals surface area contributed by atoms with Crippen LogP contribution >= 0.6 is 0 Å². The van der Waals surface area contributed by atoms with Crippen molar-refractivity contribution in [3.8, 4) is 28.1 Å². The van der Waals surface area contributed by atoms with E-state index in [-0.39, 0.29) is 22.9 Å². The molecule has 10 heteroatoms. The van der Waals surface area contributed by atoms with Crippen LogP contribution in [0.25, 0.3) is 39.2 Å². The minimum Gasteiger partial charge on any atom is -0.507 e. The predicted molar refractivity (Wildman–Crippen MR) is 132 cm³/mol. The van der Waals surface area contributed by atoms with E-state index in [1.807, 2.05) is 41.2 Å². The number of nitrogens with zero attached hydrogens (tertiary/aromatic N) is 8. The Hall–Kier alpha value is -3.92. The number of rotatable bonds is 3. The first-order valence-electron chi connectivity index (χ1n) is 11.7. The van der Waals surface area contributed by atoms with Crippen molar-refractivity contribution in [3.63, 3.8) is 0 Å². The van der Waals surface area contributed by atoms with Crippen LogP contribution in [0.1, 0.15) is 46.6 Å². The minimum absolute atomic E-state index is 0.0236. The Balaban J connectivity index is 1.32. The summed E-state index contributed by atoms with van der Waals surface area (Å²) in [5, 5.41) is 36.4. The molecule has 0 saturated carbocycles. The lowest BCUT2D eigenvalue weighted by molar-refractivity contribution is 0.127. The van der Waals surface area contributed by atoms with Gasteiger partial charge in [0.25, 0.3) is 0 Å². The van der Waals surface area contributed by atoms with Crippen LogP contribution in [0.4, 0.5) is 0 Å². The topological polar surface area (TPSA) is 119 Å². The van der Waals surface area contributed by atoms with Gasteiger partial charge >= 0.3 is 0 Å². The Kier molecular flexibility index (Phi) is 4.65. The zero-order chi connectivity index (χ0) is 24.4. The van der Waals surface area contributed by atoms with Crippen LogP contribution in [0.15, 0.2) is 48.9 Å². The van der Waals surface area contributed by atoms with E-state index in [2.05, 4.69) is 63.6 Å². The normalized spacial score (nSPS) is 17.8. The number of pyridine rings is 1. The van der Waals surface area contributed by atoms with Gasteiger partial charge in [0.2, 0.25) is 5.65 Å². The molecule has 0 atom stereocenters. The van der Waals surface area contributed by atoms with Crippen LogP contribution < -0.4 is 5.32 Å². The third-order valence-corrected chi connectivity index (χ3v) is 6.62. The molecular weight excluding hydrogens is 442 g/mol. The Morgan fingerprint density at radius 1 is 0.943 bits per heavy atom. The van der Waals surface area contributed by atoms with Crippen LogP contribution in [0.3, 0.4) is 0 Å². The molecule has 0 spiro atoms. The molecule has 2 N–H and O–H groups in total. The highest BCUT2D eigenvalue weighted by Gasteiger charge is 2.39. The second kappa shape index (κ2) is 7.54. The number of hydrogen-bond donors (Lipinski definition) is 2. The smallest absolute Gasteiger partial charge is 0.201 e. The van der Waals surface area contributed by atoms with E-state index in [1.54, 1.807) is 10.6 Å². The molecule has 35 heavy (non-hydrogen) atoms. The number of aromatic nitrogens is 8. The maximum atomic E-state index is 10.8. The number of piperidine rings is 1. The second-order valence-electron chi connectivity index (χ2n) is 10.6. The maximum absolute atomic E-state index is 10.8. The number of hydrogen-bond acceptors (Lipinski definition) is 8. The number of benzene rings is 1. The molecular formula is C25H27N9O. The van der Waals surface area contributed by atoms with E-state index >= 15 is 0 Å².